The van der Waals surface area contributed by atoms with Crippen LogP contribution in [0.4, 0.5) is 5.69 Å². The molecule has 27 heavy (non-hydrogen) atoms. The van der Waals surface area contributed by atoms with Gasteiger partial charge < -0.3 is 9.88 Å². The molecule has 1 aromatic heterocycles. The first-order valence-electron chi connectivity index (χ1n) is 9.23. The molecule has 0 saturated carbocycles. The fourth-order valence-electron chi connectivity index (χ4n) is 3.27. The Kier molecular flexibility index (Phi) is 5.87. The SMILES string of the molecule is CCCc1c(C(=O)Nc2ccccc2)c(=O)cc(C)n1Cc1ccccc1. The molecule has 0 aliphatic rings. The molecule has 1 amide bonds. The lowest BCUT2D eigenvalue weighted by Gasteiger charge is -2.20. The second-order valence-electron chi connectivity index (χ2n) is 6.61. The van der Waals surface area contributed by atoms with E-state index in [9.17, 15) is 9.59 Å². The Morgan fingerprint density at radius 1 is 1.00 bits per heavy atom. The summed E-state index contributed by atoms with van der Waals surface area (Å²) in [7, 11) is 0. The molecule has 0 radical (unpaired) electrons. The number of anilines is 1. The van der Waals surface area contributed by atoms with Crippen LogP contribution < -0.4 is 10.7 Å². The van der Waals surface area contributed by atoms with Gasteiger partial charge in [0.05, 0.1) is 0 Å². The van der Waals surface area contributed by atoms with Crippen LogP contribution in [0.25, 0.3) is 0 Å². The van der Waals surface area contributed by atoms with E-state index in [1.807, 2.05) is 55.5 Å². The number of amides is 1. The van der Waals surface area contributed by atoms with Crippen LogP contribution in [-0.2, 0) is 13.0 Å². The zero-order valence-corrected chi connectivity index (χ0v) is 15.7. The number of rotatable bonds is 6. The molecule has 2 aromatic carbocycles. The fraction of sp³-hybridized carbons (Fsp3) is 0.217. The number of carbonyl (C=O) groups is 1. The van der Waals surface area contributed by atoms with Crippen LogP contribution in [0.1, 0.15) is 40.7 Å². The molecule has 1 heterocycles. The number of nitrogens with zero attached hydrogens (tertiary/aromatic N) is 1. The first-order valence-corrected chi connectivity index (χ1v) is 9.23. The largest absolute Gasteiger partial charge is 0.343 e. The zero-order valence-electron chi connectivity index (χ0n) is 15.7. The highest BCUT2D eigenvalue weighted by Gasteiger charge is 2.20. The highest BCUT2D eigenvalue weighted by molar-refractivity contribution is 6.05. The average Bonchev–Trinajstić information content (AvgIpc) is 2.66. The van der Waals surface area contributed by atoms with Gasteiger partial charge >= 0.3 is 0 Å². The van der Waals surface area contributed by atoms with Gasteiger partial charge in [0.15, 0.2) is 5.43 Å². The van der Waals surface area contributed by atoms with E-state index in [-0.39, 0.29) is 16.9 Å². The van der Waals surface area contributed by atoms with Crippen LogP contribution >= 0.6 is 0 Å². The summed E-state index contributed by atoms with van der Waals surface area (Å²) < 4.78 is 2.08. The van der Waals surface area contributed by atoms with Crippen LogP contribution in [-0.4, -0.2) is 10.5 Å². The number of carbonyl (C=O) groups excluding carboxylic acids is 1. The standard InChI is InChI=1S/C23H24N2O2/c1-3-10-20-22(23(27)24-19-13-8-5-9-14-19)21(26)15-17(2)25(20)16-18-11-6-4-7-12-18/h4-9,11-15H,3,10,16H2,1-2H3,(H,24,27). The van der Waals surface area contributed by atoms with Crippen LogP contribution in [0.5, 0.6) is 0 Å². The molecule has 0 saturated heterocycles. The van der Waals surface area contributed by atoms with Gasteiger partial charge in [-0.2, -0.15) is 0 Å². The summed E-state index contributed by atoms with van der Waals surface area (Å²) in [6.07, 6.45) is 1.52. The second-order valence-corrected chi connectivity index (χ2v) is 6.61. The first kappa shape index (κ1) is 18.6. The van der Waals surface area contributed by atoms with Crippen LogP contribution in [0, 0.1) is 6.92 Å². The van der Waals surface area contributed by atoms with Gasteiger partial charge in [-0.25, -0.2) is 0 Å². The van der Waals surface area contributed by atoms with Gasteiger partial charge in [-0.1, -0.05) is 61.9 Å². The minimum atomic E-state index is -0.350. The summed E-state index contributed by atoms with van der Waals surface area (Å²) in [6, 6.07) is 20.9. The van der Waals surface area contributed by atoms with E-state index in [4.69, 9.17) is 0 Å². The zero-order chi connectivity index (χ0) is 19.2. The summed E-state index contributed by atoms with van der Waals surface area (Å²) in [6.45, 7) is 4.61. The maximum Gasteiger partial charge on any atom is 0.261 e. The van der Waals surface area contributed by atoms with Gasteiger partial charge in [0, 0.05) is 29.7 Å². The Hall–Kier alpha value is -3.14. The average molecular weight is 360 g/mol. The number of aryl methyl sites for hydroxylation is 1. The van der Waals surface area contributed by atoms with Crippen LogP contribution in [0.15, 0.2) is 71.5 Å². The summed E-state index contributed by atoms with van der Waals surface area (Å²) in [5, 5.41) is 2.86. The van der Waals surface area contributed by atoms with E-state index in [1.165, 1.54) is 0 Å². The molecular formula is C23H24N2O2. The molecule has 0 spiro atoms. The lowest BCUT2D eigenvalue weighted by Crippen LogP contribution is -2.28. The first-order chi connectivity index (χ1) is 13.1. The highest BCUT2D eigenvalue weighted by Crippen LogP contribution is 2.16. The van der Waals surface area contributed by atoms with Gasteiger partial charge in [-0.05, 0) is 31.0 Å². The Labute approximate surface area is 159 Å². The Balaban J connectivity index is 2.05. The lowest BCUT2D eigenvalue weighted by atomic mass is 10.0. The smallest absolute Gasteiger partial charge is 0.261 e. The predicted octanol–water partition coefficient (Wildman–Crippen LogP) is 4.41. The topological polar surface area (TPSA) is 51.1 Å². The third-order valence-corrected chi connectivity index (χ3v) is 4.56. The van der Waals surface area contributed by atoms with Crippen molar-refractivity contribution in [2.75, 3.05) is 5.32 Å². The van der Waals surface area contributed by atoms with Crippen molar-refractivity contribution in [2.24, 2.45) is 0 Å². The highest BCUT2D eigenvalue weighted by atomic mass is 16.2. The number of hydrogen-bond donors (Lipinski definition) is 1. The number of para-hydroxylation sites is 1. The molecule has 1 N–H and O–H groups in total. The van der Waals surface area contributed by atoms with E-state index >= 15 is 0 Å². The van der Waals surface area contributed by atoms with Gasteiger partial charge in [0.25, 0.3) is 5.91 Å². The third kappa shape index (κ3) is 4.34. The minimum absolute atomic E-state index is 0.228. The molecule has 3 rings (SSSR count). The molecule has 4 heteroatoms. The van der Waals surface area contributed by atoms with E-state index in [2.05, 4.69) is 28.9 Å². The summed E-state index contributed by atoms with van der Waals surface area (Å²) in [5.41, 5.74) is 3.48. The van der Waals surface area contributed by atoms with Crippen molar-refractivity contribution in [3.63, 3.8) is 0 Å². The number of aromatic nitrogens is 1. The van der Waals surface area contributed by atoms with Crippen molar-refractivity contribution >= 4 is 11.6 Å². The molecule has 0 fully saturated rings. The summed E-state index contributed by atoms with van der Waals surface area (Å²) in [4.78, 5) is 25.6. The molecule has 3 aromatic rings. The number of pyridine rings is 1. The Bertz CT molecular complexity index is 977. The van der Waals surface area contributed by atoms with Crippen molar-refractivity contribution < 1.29 is 4.79 Å². The molecular weight excluding hydrogens is 336 g/mol. The number of nitrogens with one attached hydrogen (secondary N) is 1. The molecule has 4 nitrogen and oxygen atoms in total. The molecule has 0 atom stereocenters. The van der Waals surface area contributed by atoms with Crippen molar-refractivity contribution in [3.8, 4) is 0 Å². The third-order valence-electron chi connectivity index (χ3n) is 4.56. The maximum absolute atomic E-state index is 12.9. The quantitative estimate of drug-likeness (QED) is 0.708. The van der Waals surface area contributed by atoms with Crippen LogP contribution in [0.2, 0.25) is 0 Å². The fourth-order valence-corrected chi connectivity index (χ4v) is 3.27. The van der Waals surface area contributed by atoms with Crippen molar-refractivity contribution in [1.82, 2.24) is 4.57 Å². The normalized spacial score (nSPS) is 10.6. The van der Waals surface area contributed by atoms with Gasteiger partial charge in [0.1, 0.15) is 5.56 Å². The van der Waals surface area contributed by atoms with Crippen molar-refractivity contribution in [3.05, 3.63) is 99.5 Å². The summed E-state index contributed by atoms with van der Waals surface area (Å²) in [5.74, 6) is -0.350. The van der Waals surface area contributed by atoms with Crippen molar-refractivity contribution in [1.29, 1.82) is 0 Å². The predicted molar refractivity (Wildman–Crippen MR) is 109 cm³/mol. The molecule has 0 unspecified atom stereocenters. The molecule has 0 aliphatic heterocycles. The number of benzene rings is 2. The molecule has 138 valence electrons. The lowest BCUT2D eigenvalue weighted by molar-refractivity contribution is 0.102. The Morgan fingerprint density at radius 3 is 2.26 bits per heavy atom. The van der Waals surface area contributed by atoms with E-state index in [0.717, 1.165) is 23.4 Å². The monoisotopic (exact) mass is 360 g/mol. The van der Waals surface area contributed by atoms with E-state index < -0.39 is 0 Å². The van der Waals surface area contributed by atoms with Crippen LogP contribution in [0.3, 0.4) is 0 Å². The summed E-state index contributed by atoms with van der Waals surface area (Å²) >= 11 is 0. The second kappa shape index (κ2) is 8.49. The minimum Gasteiger partial charge on any atom is -0.343 e. The van der Waals surface area contributed by atoms with Gasteiger partial charge in [-0.15, -0.1) is 0 Å². The van der Waals surface area contributed by atoms with Gasteiger partial charge in [-0.3, -0.25) is 9.59 Å². The molecule has 0 bridgehead atoms. The van der Waals surface area contributed by atoms with Crippen molar-refractivity contribution in [2.45, 2.75) is 33.2 Å². The maximum atomic E-state index is 12.9. The van der Waals surface area contributed by atoms with E-state index in [0.29, 0.717) is 18.7 Å². The Morgan fingerprint density at radius 2 is 1.63 bits per heavy atom. The number of hydrogen-bond acceptors (Lipinski definition) is 2. The van der Waals surface area contributed by atoms with E-state index in [1.54, 1.807) is 6.07 Å². The molecule has 0 aliphatic carbocycles. The van der Waals surface area contributed by atoms with Gasteiger partial charge in [0.2, 0.25) is 0 Å².